The second-order valence-electron chi connectivity index (χ2n) is 6.96. The van der Waals surface area contributed by atoms with Crippen LogP contribution < -0.4 is 9.46 Å². The van der Waals surface area contributed by atoms with Gasteiger partial charge in [-0.15, -0.1) is 0 Å². The van der Waals surface area contributed by atoms with E-state index in [0.717, 1.165) is 28.8 Å². The number of nitrogens with one attached hydrogen (secondary N) is 1. The third kappa shape index (κ3) is 4.38. The zero-order valence-electron chi connectivity index (χ0n) is 15.9. The van der Waals surface area contributed by atoms with Gasteiger partial charge in [0.2, 0.25) is 10.0 Å². The molecule has 1 unspecified atom stereocenters. The number of carbonyl (C=O) groups is 1. The zero-order valence-corrected chi connectivity index (χ0v) is 17.6. The van der Waals surface area contributed by atoms with Crippen molar-refractivity contribution < 1.29 is 23.1 Å². The Morgan fingerprint density at radius 1 is 1.27 bits per heavy atom. The molecule has 0 saturated carbocycles. The number of aliphatic carboxylic acids is 1. The highest BCUT2D eigenvalue weighted by Gasteiger charge is 2.28. The van der Waals surface area contributed by atoms with E-state index < -0.39 is 28.6 Å². The van der Waals surface area contributed by atoms with Crippen molar-refractivity contribution in [1.82, 2.24) is 9.71 Å². The monoisotopic (exact) mass is 444 g/mol. The molecule has 30 heavy (non-hydrogen) atoms. The Hall–Kier alpha value is -2.75. The molecule has 1 aliphatic carbocycles. The third-order valence-electron chi connectivity index (χ3n) is 4.98. The van der Waals surface area contributed by atoms with Crippen LogP contribution in [0.3, 0.4) is 0 Å². The molecule has 1 aromatic carbocycles. The van der Waals surface area contributed by atoms with Crippen molar-refractivity contribution in [3.8, 4) is 17.0 Å². The van der Waals surface area contributed by atoms with Gasteiger partial charge in [0, 0.05) is 23.2 Å². The van der Waals surface area contributed by atoms with Crippen molar-refractivity contribution in [3.05, 3.63) is 64.5 Å². The van der Waals surface area contributed by atoms with E-state index in [9.17, 15) is 13.2 Å². The molecule has 0 spiro atoms. The van der Waals surface area contributed by atoms with Crippen LogP contribution in [0.5, 0.6) is 5.75 Å². The molecule has 0 aliphatic heterocycles. The number of aromatic nitrogens is 1. The molecule has 0 saturated heterocycles. The average Bonchev–Trinajstić information content (AvgIpc) is 3.27. The van der Waals surface area contributed by atoms with Crippen LogP contribution in [0.4, 0.5) is 0 Å². The largest absolute Gasteiger partial charge is 0.482 e. The number of hydrogen-bond acceptors (Lipinski definition) is 6. The molecule has 0 bridgehead atoms. The van der Waals surface area contributed by atoms with E-state index in [2.05, 4.69) is 9.71 Å². The second-order valence-corrected chi connectivity index (χ2v) is 9.46. The van der Waals surface area contributed by atoms with Crippen LogP contribution >= 0.6 is 11.3 Å². The fourth-order valence-corrected chi connectivity index (χ4v) is 5.43. The number of ether oxygens (including phenoxy) is 1. The van der Waals surface area contributed by atoms with Crippen LogP contribution in [0.25, 0.3) is 11.3 Å². The minimum absolute atomic E-state index is 0.104. The maximum Gasteiger partial charge on any atom is 0.341 e. The standard InChI is InChI=1S/C21H20N2O5S2/c24-21(25)12-28-20-6-2-3-16-17(20)4-1-5-19(16)23-30(26,27)15-7-8-18(22-11-15)14-9-10-29-13-14/h2-3,6-11,13,19,23H,1,4-5,12H2,(H,24,25). The van der Waals surface area contributed by atoms with Gasteiger partial charge in [-0.05, 0) is 60.0 Å². The van der Waals surface area contributed by atoms with Crippen molar-refractivity contribution in [2.75, 3.05) is 6.61 Å². The van der Waals surface area contributed by atoms with Gasteiger partial charge in [-0.25, -0.2) is 17.9 Å². The van der Waals surface area contributed by atoms with Crippen LogP contribution in [-0.4, -0.2) is 31.1 Å². The summed E-state index contributed by atoms with van der Waals surface area (Å²) in [6.45, 7) is -0.436. The highest BCUT2D eigenvalue weighted by atomic mass is 32.2. The van der Waals surface area contributed by atoms with E-state index in [1.807, 2.05) is 22.9 Å². The Bertz CT molecular complexity index is 1140. The number of fused-ring (bicyclic) bond motifs is 1. The van der Waals surface area contributed by atoms with E-state index in [4.69, 9.17) is 9.84 Å². The zero-order chi connectivity index (χ0) is 21.1. The van der Waals surface area contributed by atoms with Gasteiger partial charge in [0.15, 0.2) is 6.61 Å². The van der Waals surface area contributed by atoms with Crippen molar-refractivity contribution in [3.63, 3.8) is 0 Å². The maximum atomic E-state index is 12.9. The molecule has 156 valence electrons. The van der Waals surface area contributed by atoms with Crippen LogP contribution in [0, 0.1) is 0 Å². The summed E-state index contributed by atoms with van der Waals surface area (Å²) < 4.78 is 34.1. The smallest absolute Gasteiger partial charge is 0.341 e. The molecule has 2 N–H and O–H groups in total. The summed E-state index contributed by atoms with van der Waals surface area (Å²) in [6, 6.07) is 10.1. The highest BCUT2D eigenvalue weighted by molar-refractivity contribution is 7.89. The minimum Gasteiger partial charge on any atom is -0.482 e. The number of rotatable bonds is 7. The third-order valence-corrected chi connectivity index (χ3v) is 7.12. The summed E-state index contributed by atoms with van der Waals surface area (Å²) in [7, 11) is -3.77. The fourth-order valence-electron chi connectivity index (χ4n) is 3.59. The Morgan fingerprint density at radius 3 is 2.83 bits per heavy atom. The van der Waals surface area contributed by atoms with E-state index in [0.29, 0.717) is 18.6 Å². The molecule has 2 heterocycles. The number of benzene rings is 1. The topological polar surface area (TPSA) is 106 Å². The average molecular weight is 445 g/mol. The summed E-state index contributed by atoms with van der Waals surface area (Å²) in [4.78, 5) is 15.2. The van der Waals surface area contributed by atoms with Gasteiger partial charge in [-0.1, -0.05) is 12.1 Å². The van der Waals surface area contributed by atoms with Gasteiger partial charge in [-0.3, -0.25) is 4.98 Å². The summed E-state index contributed by atoms with van der Waals surface area (Å²) in [5.74, 6) is -0.570. The molecule has 1 atom stereocenters. The molecular weight excluding hydrogens is 424 g/mol. The number of sulfonamides is 1. The van der Waals surface area contributed by atoms with Crippen LogP contribution in [0.1, 0.15) is 30.0 Å². The number of nitrogens with zero attached hydrogens (tertiary/aromatic N) is 1. The molecule has 0 fully saturated rings. The molecule has 7 nitrogen and oxygen atoms in total. The normalized spacial score (nSPS) is 16.1. The lowest BCUT2D eigenvalue weighted by Gasteiger charge is -2.27. The molecule has 1 aliphatic rings. The van der Waals surface area contributed by atoms with E-state index in [-0.39, 0.29) is 4.90 Å². The predicted molar refractivity (Wildman–Crippen MR) is 113 cm³/mol. The molecule has 9 heteroatoms. The van der Waals surface area contributed by atoms with Crippen molar-refractivity contribution >= 4 is 27.3 Å². The van der Waals surface area contributed by atoms with E-state index >= 15 is 0 Å². The minimum atomic E-state index is -3.77. The first-order valence-corrected chi connectivity index (χ1v) is 11.8. The number of hydrogen-bond donors (Lipinski definition) is 2. The molecule has 4 rings (SSSR count). The van der Waals surface area contributed by atoms with E-state index in [1.54, 1.807) is 35.6 Å². The Labute approximate surface area is 178 Å². The van der Waals surface area contributed by atoms with Crippen molar-refractivity contribution in [2.24, 2.45) is 0 Å². The molecule has 0 amide bonds. The summed E-state index contributed by atoms with van der Waals surface area (Å²) in [5, 5.41) is 12.8. The first-order valence-electron chi connectivity index (χ1n) is 9.41. The quantitative estimate of drug-likeness (QED) is 0.577. The summed E-state index contributed by atoms with van der Waals surface area (Å²) in [5.41, 5.74) is 3.34. The highest BCUT2D eigenvalue weighted by Crippen LogP contribution is 2.36. The summed E-state index contributed by atoms with van der Waals surface area (Å²) >= 11 is 1.55. The number of thiophene rings is 1. The van der Waals surface area contributed by atoms with E-state index in [1.165, 1.54) is 6.20 Å². The lowest BCUT2D eigenvalue weighted by molar-refractivity contribution is -0.139. The fraction of sp³-hybridized carbons (Fsp3) is 0.238. The number of carboxylic acids is 1. The van der Waals surface area contributed by atoms with Crippen molar-refractivity contribution in [2.45, 2.75) is 30.2 Å². The Balaban J connectivity index is 1.56. The Kier molecular flexibility index (Phi) is 5.85. The van der Waals surface area contributed by atoms with Crippen molar-refractivity contribution in [1.29, 1.82) is 0 Å². The first-order chi connectivity index (χ1) is 14.4. The number of carboxylic acid groups (broad SMARTS) is 1. The molecule has 3 aromatic rings. The number of pyridine rings is 1. The maximum absolute atomic E-state index is 12.9. The van der Waals surface area contributed by atoms with Gasteiger partial charge in [0.1, 0.15) is 10.6 Å². The first kappa shape index (κ1) is 20.5. The van der Waals surface area contributed by atoms with Gasteiger partial charge in [0.25, 0.3) is 0 Å². The van der Waals surface area contributed by atoms with Gasteiger partial charge < -0.3 is 9.84 Å². The Morgan fingerprint density at radius 2 is 2.13 bits per heavy atom. The van der Waals surface area contributed by atoms with Crippen LogP contribution in [-0.2, 0) is 21.2 Å². The van der Waals surface area contributed by atoms with Gasteiger partial charge in [0.05, 0.1) is 5.69 Å². The second kappa shape index (κ2) is 8.55. The van der Waals surface area contributed by atoms with Crippen LogP contribution in [0.15, 0.2) is 58.3 Å². The molecular formula is C21H20N2O5S2. The lowest BCUT2D eigenvalue weighted by atomic mass is 9.87. The van der Waals surface area contributed by atoms with Crippen LogP contribution in [0.2, 0.25) is 0 Å². The van der Waals surface area contributed by atoms with Gasteiger partial charge >= 0.3 is 5.97 Å². The SMILES string of the molecule is O=C(O)COc1cccc2c1CCCC2NS(=O)(=O)c1ccc(-c2ccsc2)nc1. The molecule has 2 aromatic heterocycles. The molecule has 0 radical (unpaired) electrons. The van der Waals surface area contributed by atoms with Gasteiger partial charge in [-0.2, -0.15) is 11.3 Å². The predicted octanol–water partition coefficient (Wildman–Crippen LogP) is 3.63. The lowest BCUT2D eigenvalue weighted by Crippen LogP contribution is -2.31. The summed E-state index contributed by atoms with van der Waals surface area (Å²) in [6.07, 6.45) is 3.49.